The van der Waals surface area contributed by atoms with E-state index in [2.05, 4.69) is 12.1 Å². The van der Waals surface area contributed by atoms with Gasteiger partial charge in [-0.1, -0.05) is 36.4 Å². The van der Waals surface area contributed by atoms with Gasteiger partial charge in [-0.2, -0.15) is 0 Å². The number of carbonyl (C=O) groups is 1. The fraction of sp³-hybridized carbons (Fsp3) is 0.316. The summed E-state index contributed by atoms with van der Waals surface area (Å²) >= 11 is 0. The van der Waals surface area contributed by atoms with Crippen molar-refractivity contribution in [3.05, 3.63) is 47.7 Å². The lowest BCUT2D eigenvalue weighted by molar-refractivity contribution is 0.0757. The largest absolute Gasteiger partial charge is 0.450 e. The molecule has 0 radical (unpaired) electrons. The van der Waals surface area contributed by atoms with E-state index >= 15 is 0 Å². The third-order valence-corrected chi connectivity index (χ3v) is 4.93. The van der Waals surface area contributed by atoms with Crippen LogP contribution in [0, 0.1) is 12.8 Å². The zero-order valence-electron chi connectivity index (χ0n) is 13.6. The molecule has 4 nitrogen and oxygen atoms in total. The first-order chi connectivity index (χ1) is 11.2. The van der Waals surface area contributed by atoms with Crippen molar-refractivity contribution in [1.82, 2.24) is 4.90 Å². The van der Waals surface area contributed by atoms with Gasteiger partial charge in [0.2, 0.25) is 0 Å². The van der Waals surface area contributed by atoms with Crippen LogP contribution >= 0.6 is 12.4 Å². The van der Waals surface area contributed by atoms with Gasteiger partial charge in [-0.25, -0.2) is 0 Å². The van der Waals surface area contributed by atoms with Gasteiger partial charge in [0.05, 0.1) is 0 Å². The van der Waals surface area contributed by atoms with Crippen LogP contribution < -0.4 is 5.73 Å². The molecule has 2 heterocycles. The van der Waals surface area contributed by atoms with Crippen LogP contribution in [0.1, 0.15) is 22.5 Å². The van der Waals surface area contributed by atoms with Gasteiger partial charge in [0.1, 0.15) is 5.58 Å². The molecule has 2 aromatic carbocycles. The molecule has 1 unspecified atom stereocenters. The number of likely N-dealkylation sites (tertiary alicyclic amines) is 1. The van der Waals surface area contributed by atoms with E-state index in [9.17, 15) is 4.79 Å². The Labute approximate surface area is 147 Å². The average molecular weight is 345 g/mol. The maximum atomic E-state index is 12.8. The minimum absolute atomic E-state index is 0. The molecular formula is C19H21ClN2O2. The normalized spacial score (nSPS) is 17.4. The first kappa shape index (κ1) is 16.8. The van der Waals surface area contributed by atoms with Crippen LogP contribution in [0.5, 0.6) is 0 Å². The Morgan fingerprint density at radius 3 is 2.79 bits per heavy atom. The van der Waals surface area contributed by atoms with E-state index in [1.165, 1.54) is 0 Å². The van der Waals surface area contributed by atoms with Gasteiger partial charge >= 0.3 is 0 Å². The molecule has 3 aromatic rings. The number of nitrogens with two attached hydrogens (primary N) is 1. The summed E-state index contributed by atoms with van der Waals surface area (Å²) < 4.78 is 6.03. The first-order valence-corrected chi connectivity index (χ1v) is 8.09. The van der Waals surface area contributed by atoms with E-state index in [1.54, 1.807) is 0 Å². The minimum Gasteiger partial charge on any atom is -0.450 e. The Hall–Kier alpha value is -2.04. The molecule has 0 aliphatic carbocycles. The van der Waals surface area contributed by atoms with E-state index in [0.29, 0.717) is 18.2 Å². The average Bonchev–Trinajstić information content (AvgIpc) is 3.19. The van der Waals surface area contributed by atoms with Crippen molar-refractivity contribution < 1.29 is 9.21 Å². The molecule has 0 bridgehead atoms. The summed E-state index contributed by atoms with van der Waals surface area (Å²) in [5, 5.41) is 3.19. The van der Waals surface area contributed by atoms with E-state index < -0.39 is 0 Å². The lowest BCUT2D eigenvalue weighted by Gasteiger charge is -2.14. The zero-order chi connectivity index (χ0) is 16.0. The number of halogens is 1. The number of amides is 1. The number of hydrogen-bond acceptors (Lipinski definition) is 3. The van der Waals surface area contributed by atoms with Crippen LogP contribution in [0.3, 0.4) is 0 Å². The van der Waals surface area contributed by atoms with Gasteiger partial charge in [-0.05, 0) is 31.2 Å². The second-order valence-corrected chi connectivity index (χ2v) is 6.36. The summed E-state index contributed by atoms with van der Waals surface area (Å²) in [4.78, 5) is 14.7. The van der Waals surface area contributed by atoms with Crippen molar-refractivity contribution in [3.8, 4) is 0 Å². The lowest BCUT2D eigenvalue weighted by Crippen LogP contribution is -2.30. The first-order valence-electron chi connectivity index (χ1n) is 8.09. The molecule has 5 heteroatoms. The Morgan fingerprint density at radius 2 is 2.04 bits per heavy atom. The monoisotopic (exact) mass is 344 g/mol. The van der Waals surface area contributed by atoms with Crippen LogP contribution in [0.4, 0.5) is 0 Å². The van der Waals surface area contributed by atoms with Crippen LogP contribution in [0.25, 0.3) is 21.7 Å². The van der Waals surface area contributed by atoms with E-state index in [-0.39, 0.29) is 18.3 Å². The molecule has 126 valence electrons. The molecular weight excluding hydrogens is 324 g/mol. The number of rotatable bonds is 2. The van der Waals surface area contributed by atoms with Gasteiger partial charge in [-0.15, -0.1) is 12.4 Å². The minimum atomic E-state index is -0.0151. The number of carbonyl (C=O) groups excluding carboxylic acids is 1. The Bertz CT molecular complexity index is 903. The van der Waals surface area contributed by atoms with Gasteiger partial charge < -0.3 is 15.1 Å². The Morgan fingerprint density at radius 1 is 1.25 bits per heavy atom. The highest BCUT2D eigenvalue weighted by Crippen LogP contribution is 2.32. The summed E-state index contributed by atoms with van der Waals surface area (Å²) in [5.41, 5.74) is 7.45. The fourth-order valence-electron chi connectivity index (χ4n) is 3.51. The summed E-state index contributed by atoms with van der Waals surface area (Å²) in [7, 11) is 0. The second kappa shape index (κ2) is 6.46. The standard InChI is InChI=1S/C19H20N2O2.ClH/c1-12-15-7-6-14-4-2-3-5-16(14)18(15)23-17(12)19(22)21-9-8-13(10-20)11-21;/h2-7,13H,8-11,20H2,1H3;1H. The molecule has 24 heavy (non-hydrogen) atoms. The second-order valence-electron chi connectivity index (χ2n) is 6.36. The lowest BCUT2D eigenvalue weighted by atomic mass is 10.1. The van der Waals surface area contributed by atoms with Crippen molar-refractivity contribution in [2.24, 2.45) is 11.7 Å². The molecule has 1 aromatic heterocycles. The highest BCUT2D eigenvalue weighted by Gasteiger charge is 2.29. The van der Waals surface area contributed by atoms with Gasteiger partial charge in [0.25, 0.3) is 5.91 Å². The third kappa shape index (κ3) is 2.56. The molecule has 1 atom stereocenters. The van der Waals surface area contributed by atoms with E-state index in [0.717, 1.165) is 46.8 Å². The maximum absolute atomic E-state index is 12.8. The predicted octanol–water partition coefficient (Wildman–Crippen LogP) is 3.74. The third-order valence-electron chi connectivity index (χ3n) is 4.93. The number of furan rings is 1. The molecule has 1 aliphatic heterocycles. The smallest absolute Gasteiger partial charge is 0.289 e. The summed E-state index contributed by atoms with van der Waals surface area (Å²) in [6, 6.07) is 12.2. The fourth-order valence-corrected chi connectivity index (χ4v) is 3.51. The van der Waals surface area contributed by atoms with E-state index in [4.69, 9.17) is 10.2 Å². The molecule has 2 N–H and O–H groups in total. The quantitative estimate of drug-likeness (QED) is 0.770. The summed E-state index contributed by atoms with van der Waals surface area (Å²) in [6.07, 6.45) is 0.977. The van der Waals surface area contributed by atoms with Crippen molar-refractivity contribution >= 4 is 40.1 Å². The number of fused-ring (bicyclic) bond motifs is 3. The molecule has 0 saturated carbocycles. The molecule has 1 aliphatic rings. The molecule has 1 amide bonds. The number of aryl methyl sites for hydroxylation is 1. The van der Waals surface area contributed by atoms with Crippen molar-refractivity contribution in [2.75, 3.05) is 19.6 Å². The van der Waals surface area contributed by atoms with Crippen LogP contribution in [0.2, 0.25) is 0 Å². The summed E-state index contributed by atoms with van der Waals surface area (Å²) in [6.45, 7) is 4.09. The SMILES string of the molecule is Cc1c(C(=O)N2CCC(CN)C2)oc2c1ccc1ccccc12.Cl. The van der Waals surface area contributed by atoms with Gasteiger partial charge in [0.15, 0.2) is 5.76 Å². The maximum Gasteiger partial charge on any atom is 0.289 e. The number of hydrogen-bond donors (Lipinski definition) is 1. The van der Waals surface area contributed by atoms with Crippen molar-refractivity contribution in [2.45, 2.75) is 13.3 Å². The highest BCUT2D eigenvalue weighted by atomic mass is 35.5. The predicted molar refractivity (Wildman–Crippen MR) is 98.8 cm³/mol. The molecule has 4 rings (SSSR count). The van der Waals surface area contributed by atoms with Crippen LogP contribution in [-0.4, -0.2) is 30.4 Å². The number of benzene rings is 2. The molecule has 0 spiro atoms. The van der Waals surface area contributed by atoms with Crippen LogP contribution in [-0.2, 0) is 0 Å². The van der Waals surface area contributed by atoms with Gasteiger partial charge in [-0.3, -0.25) is 4.79 Å². The topological polar surface area (TPSA) is 59.5 Å². The van der Waals surface area contributed by atoms with Crippen molar-refractivity contribution in [3.63, 3.8) is 0 Å². The Kier molecular flexibility index (Phi) is 4.52. The number of nitrogens with zero attached hydrogens (tertiary/aromatic N) is 1. The zero-order valence-corrected chi connectivity index (χ0v) is 14.4. The van der Waals surface area contributed by atoms with Crippen molar-refractivity contribution in [1.29, 1.82) is 0 Å². The molecule has 1 fully saturated rings. The van der Waals surface area contributed by atoms with Crippen LogP contribution in [0.15, 0.2) is 40.8 Å². The highest BCUT2D eigenvalue weighted by molar-refractivity contribution is 6.08. The Balaban J connectivity index is 0.00000169. The summed E-state index contributed by atoms with van der Waals surface area (Å²) in [5.74, 6) is 0.859. The molecule has 1 saturated heterocycles. The van der Waals surface area contributed by atoms with E-state index in [1.807, 2.05) is 36.1 Å². The van der Waals surface area contributed by atoms with Gasteiger partial charge in [0, 0.05) is 29.4 Å².